The van der Waals surface area contributed by atoms with Crippen LogP contribution in [0.1, 0.15) is 32.7 Å². The zero-order valence-corrected chi connectivity index (χ0v) is 15.3. The Morgan fingerprint density at radius 1 is 0.964 bits per heavy atom. The summed E-state index contributed by atoms with van der Waals surface area (Å²) >= 11 is 0. The van der Waals surface area contributed by atoms with E-state index < -0.39 is 0 Å². The number of aromatic nitrogens is 1. The van der Waals surface area contributed by atoms with Gasteiger partial charge in [0.25, 0.3) is 0 Å². The van der Waals surface area contributed by atoms with Crippen molar-refractivity contribution in [1.82, 2.24) is 4.98 Å². The van der Waals surface area contributed by atoms with Gasteiger partial charge >= 0.3 is 0 Å². The van der Waals surface area contributed by atoms with Crippen molar-refractivity contribution < 1.29 is 9.18 Å². The molecule has 1 N–H and O–H groups in total. The predicted octanol–water partition coefficient (Wildman–Crippen LogP) is 4.80. The number of halogens is 1. The average molecular weight is 371 g/mol. The number of pyridine rings is 1. The van der Waals surface area contributed by atoms with E-state index in [0.29, 0.717) is 27.7 Å². The van der Waals surface area contributed by atoms with Gasteiger partial charge in [-0.05, 0) is 36.8 Å². The largest absolute Gasteiger partial charge is 0.357 e. The van der Waals surface area contributed by atoms with Gasteiger partial charge in [-0.2, -0.15) is 0 Å². The summed E-state index contributed by atoms with van der Waals surface area (Å²) in [5, 5.41) is 0.441. The van der Waals surface area contributed by atoms with Crippen LogP contribution in [0.15, 0.2) is 77.6 Å². The Morgan fingerprint density at radius 3 is 2.50 bits per heavy atom. The monoisotopic (exact) mass is 371 g/mol. The fourth-order valence-corrected chi connectivity index (χ4v) is 3.42. The van der Waals surface area contributed by atoms with E-state index in [0.717, 1.165) is 5.56 Å². The summed E-state index contributed by atoms with van der Waals surface area (Å²) in [4.78, 5) is 29.6. The van der Waals surface area contributed by atoms with Gasteiger partial charge < -0.3 is 4.98 Å². The van der Waals surface area contributed by atoms with Gasteiger partial charge in [0.05, 0.1) is 5.56 Å². The lowest BCUT2D eigenvalue weighted by Gasteiger charge is -2.12. The average Bonchev–Trinajstić information content (AvgIpc) is 2.70. The predicted molar refractivity (Wildman–Crippen MR) is 108 cm³/mol. The van der Waals surface area contributed by atoms with Crippen LogP contribution in [0.4, 0.5) is 4.39 Å². The number of H-pyrrole nitrogens is 1. The van der Waals surface area contributed by atoms with Gasteiger partial charge in [0.15, 0.2) is 5.78 Å². The SMILES string of the molecule is Cc1cccc(C(=O)c2c(Cc3ccccc3F)[nH]c3ccccc3c2=O)c1. The smallest absolute Gasteiger partial charge is 0.200 e. The molecular formula is C24H18FNO2. The highest BCUT2D eigenvalue weighted by molar-refractivity contribution is 6.11. The van der Waals surface area contributed by atoms with E-state index in [2.05, 4.69) is 4.98 Å². The highest BCUT2D eigenvalue weighted by atomic mass is 19.1. The van der Waals surface area contributed by atoms with E-state index in [1.54, 1.807) is 54.6 Å². The van der Waals surface area contributed by atoms with Gasteiger partial charge in [0, 0.05) is 28.6 Å². The number of nitrogens with one attached hydrogen (secondary N) is 1. The second kappa shape index (κ2) is 7.24. The molecule has 0 unspecified atom stereocenters. The fourth-order valence-electron chi connectivity index (χ4n) is 3.42. The molecule has 4 aromatic rings. The summed E-state index contributed by atoms with van der Waals surface area (Å²) in [7, 11) is 0. The van der Waals surface area contributed by atoms with E-state index in [-0.39, 0.29) is 29.0 Å². The Hall–Kier alpha value is -3.53. The molecule has 0 radical (unpaired) electrons. The van der Waals surface area contributed by atoms with Gasteiger partial charge in [-0.1, -0.05) is 54.1 Å². The van der Waals surface area contributed by atoms with E-state index in [1.807, 2.05) is 19.1 Å². The molecule has 3 aromatic carbocycles. The minimum absolute atomic E-state index is 0.0625. The number of hydrogen-bond acceptors (Lipinski definition) is 2. The number of para-hydroxylation sites is 1. The number of carbonyl (C=O) groups excluding carboxylic acids is 1. The molecule has 0 atom stereocenters. The first-order valence-corrected chi connectivity index (χ1v) is 9.03. The Labute approximate surface area is 161 Å². The summed E-state index contributed by atoms with van der Waals surface area (Å²) in [6.45, 7) is 1.89. The van der Waals surface area contributed by atoms with Crippen LogP contribution >= 0.6 is 0 Å². The number of fused-ring (bicyclic) bond motifs is 1. The van der Waals surface area contributed by atoms with Gasteiger partial charge in [0.2, 0.25) is 5.43 Å². The van der Waals surface area contributed by atoms with Crippen LogP contribution in [0.3, 0.4) is 0 Å². The lowest BCUT2D eigenvalue weighted by molar-refractivity contribution is 0.103. The van der Waals surface area contributed by atoms with Gasteiger partial charge in [0.1, 0.15) is 5.82 Å². The van der Waals surface area contributed by atoms with E-state index in [4.69, 9.17) is 0 Å². The van der Waals surface area contributed by atoms with E-state index in [9.17, 15) is 14.0 Å². The molecule has 0 fully saturated rings. The van der Waals surface area contributed by atoms with Crippen molar-refractivity contribution in [3.05, 3.63) is 117 Å². The van der Waals surface area contributed by atoms with Crippen molar-refractivity contribution >= 4 is 16.7 Å². The molecule has 4 rings (SSSR count). The summed E-state index contributed by atoms with van der Waals surface area (Å²) in [6.07, 6.45) is 0.125. The summed E-state index contributed by atoms with van der Waals surface area (Å²) in [5.41, 5.74) is 2.56. The minimum Gasteiger partial charge on any atom is -0.357 e. The lowest BCUT2D eigenvalue weighted by atomic mass is 9.95. The van der Waals surface area contributed by atoms with Gasteiger partial charge in [-0.15, -0.1) is 0 Å². The molecule has 0 spiro atoms. The number of aromatic amines is 1. The molecule has 3 nitrogen and oxygen atoms in total. The van der Waals surface area contributed by atoms with Gasteiger partial charge in [-0.3, -0.25) is 9.59 Å². The first-order valence-electron chi connectivity index (χ1n) is 9.03. The van der Waals surface area contributed by atoms with Gasteiger partial charge in [-0.25, -0.2) is 4.39 Å². The second-order valence-electron chi connectivity index (χ2n) is 6.82. The highest BCUT2D eigenvalue weighted by Gasteiger charge is 2.21. The maximum atomic E-state index is 14.2. The fraction of sp³-hybridized carbons (Fsp3) is 0.0833. The van der Waals surface area contributed by atoms with Crippen molar-refractivity contribution in [3.63, 3.8) is 0 Å². The summed E-state index contributed by atoms with van der Waals surface area (Å²) in [6, 6.07) is 20.5. The first-order chi connectivity index (χ1) is 13.5. The molecule has 4 heteroatoms. The number of carbonyl (C=O) groups is 1. The van der Waals surface area contributed by atoms with Crippen LogP contribution in [0.5, 0.6) is 0 Å². The molecule has 0 aliphatic rings. The molecule has 1 heterocycles. The third-order valence-electron chi connectivity index (χ3n) is 4.82. The van der Waals surface area contributed by atoms with Crippen LogP contribution in [0, 0.1) is 12.7 Å². The topological polar surface area (TPSA) is 49.9 Å². The Kier molecular flexibility index (Phi) is 4.62. The van der Waals surface area contributed by atoms with Crippen molar-refractivity contribution in [1.29, 1.82) is 0 Å². The molecular weight excluding hydrogens is 353 g/mol. The number of hydrogen-bond donors (Lipinski definition) is 1. The van der Waals surface area contributed by atoms with Crippen LogP contribution in [0.2, 0.25) is 0 Å². The number of aryl methyl sites for hydroxylation is 1. The second-order valence-corrected chi connectivity index (χ2v) is 6.82. The molecule has 0 bridgehead atoms. The summed E-state index contributed by atoms with van der Waals surface area (Å²) in [5.74, 6) is -0.729. The molecule has 1 aromatic heterocycles. The van der Waals surface area contributed by atoms with Crippen LogP contribution in [0.25, 0.3) is 10.9 Å². The normalized spacial score (nSPS) is 10.9. The molecule has 0 saturated heterocycles. The quantitative estimate of drug-likeness (QED) is 0.524. The minimum atomic E-state index is -0.370. The standard InChI is InChI=1S/C24H18FNO2/c1-15-7-6-9-17(13-15)23(27)22-21(14-16-8-2-4-11-19(16)25)26-20-12-5-3-10-18(20)24(22)28/h2-13H,14H2,1H3,(H,26,28). The Balaban J connectivity index is 1.95. The zero-order chi connectivity index (χ0) is 19.7. The maximum absolute atomic E-state index is 14.2. The molecule has 0 aliphatic carbocycles. The zero-order valence-electron chi connectivity index (χ0n) is 15.3. The van der Waals surface area contributed by atoms with E-state index in [1.165, 1.54) is 6.07 Å². The third kappa shape index (κ3) is 3.25. The molecule has 0 amide bonds. The number of benzene rings is 3. The molecule has 28 heavy (non-hydrogen) atoms. The van der Waals surface area contributed by atoms with Crippen molar-refractivity contribution in [2.24, 2.45) is 0 Å². The highest BCUT2D eigenvalue weighted by Crippen LogP contribution is 2.20. The molecule has 0 aliphatic heterocycles. The van der Waals surface area contributed by atoms with Crippen molar-refractivity contribution in [2.75, 3.05) is 0 Å². The van der Waals surface area contributed by atoms with Crippen LogP contribution < -0.4 is 5.43 Å². The number of ketones is 1. The van der Waals surface area contributed by atoms with Crippen LogP contribution in [-0.2, 0) is 6.42 Å². The molecule has 138 valence electrons. The maximum Gasteiger partial charge on any atom is 0.200 e. The first kappa shape index (κ1) is 17.9. The molecule has 0 saturated carbocycles. The Bertz CT molecular complexity index is 1260. The van der Waals surface area contributed by atoms with Crippen molar-refractivity contribution in [3.8, 4) is 0 Å². The number of rotatable bonds is 4. The van der Waals surface area contributed by atoms with E-state index >= 15 is 0 Å². The van der Waals surface area contributed by atoms with Crippen molar-refractivity contribution in [2.45, 2.75) is 13.3 Å². The van der Waals surface area contributed by atoms with Crippen LogP contribution in [-0.4, -0.2) is 10.8 Å². The summed E-state index contributed by atoms with van der Waals surface area (Å²) < 4.78 is 14.2. The third-order valence-corrected chi connectivity index (χ3v) is 4.82. The lowest BCUT2D eigenvalue weighted by Crippen LogP contribution is -2.21. The Morgan fingerprint density at radius 2 is 1.71 bits per heavy atom.